The Morgan fingerprint density at radius 1 is 1.50 bits per heavy atom. The molecule has 0 radical (unpaired) electrons. The third-order valence-corrected chi connectivity index (χ3v) is 1.94. The maximum Gasteiger partial charge on any atom is 0.117 e. The van der Waals surface area contributed by atoms with Crippen molar-refractivity contribution < 1.29 is 5.11 Å². The molecule has 0 saturated heterocycles. The first-order valence-corrected chi connectivity index (χ1v) is 3.68. The van der Waals surface area contributed by atoms with Gasteiger partial charge in [0.2, 0.25) is 0 Å². The summed E-state index contributed by atoms with van der Waals surface area (Å²) < 4.78 is 0. The van der Waals surface area contributed by atoms with Gasteiger partial charge in [0, 0.05) is 0 Å². The third-order valence-electron chi connectivity index (χ3n) is 1.94. The minimum absolute atomic E-state index is 0.498. The van der Waals surface area contributed by atoms with E-state index in [1.54, 1.807) is 0 Å². The van der Waals surface area contributed by atoms with E-state index in [2.05, 4.69) is 13.0 Å². The second-order valence-electron chi connectivity index (χ2n) is 3.16. The van der Waals surface area contributed by atoms with Crippen LogP contribution in [0.4, 0.5) is 0 Å². The Morgan fingerprint density at radius 3 is 2.60 bits per heavy atom. The summed E-state index contributed by atoms with van der Waals surface area (Å²) in [7, 11) is 0. The van der Waals surface area contributed by atoms with Crippen molar-refractivity contribution in [2.75, 3.05) is 0 Å². The second-order valence-corrected chi connectivity index (χ2v) is 3.16. The van der Waals surface area contributed by atoms with Gasteiger partial charge in [0.25, 0.3) is 0 Å². The van der Waals surface area contributed by atoms with Crippen molar-refractivity contribution in [1.82, 2.24) is 0 Å². The molecular formula is C9H14O. The van der Waals surface area contributed by atoms with Crippen molar-refractivity contribution in [3.63, 3.8) is 0 Å². The lowest BCUT2D eigenvalue weighted by Gasteiger charge is -2.16. The van der Waals surface area contributed by atoms with Crippen molar-refractivity contribution in [2.24, 2.45) is 5.92 Å². The standard InChI is InChI=1S/C9H14O/c1-6-4-7(2)9(10)8(3)5-6/h4,6,10H,5H2,1-3H3. The molecule has 1 unspecified atom stereocenters. The molecule has 1 aliphatic rings. The summed E-state index contributed by atoms with van der Waals surface area (Å²) >= 11 is 0. The van der Waals surface area contributed by atoms with E-state index in [1.165, 1.54) is 0 Å². The minimum atomic E-state index is 0.498. The third kappa shape index (κ3) is 1.23. The first-order chi connectivity index (χ1) is 4.61. The first-order valence-electron chi connectivity index (χ1n) is 3.68. The molecule has 10 heavy (non-hydrogen) atoms. The molecule has 1 atom stereocenters. The summed E-state index contributed by atoms with van der Waals surface area (Å²) in [4.78, 5) is 0. The van der Waals surface area contributed by atoms with Crippen LogP contribution in [0.3, 0.4) is 0 Å². The molecule has 1 aliphatic carbocycles. The van der Waals surface area contributed by atoms with Gasteiger partial charge in [0.05, 0.1) is 0 Å². The molecule has 1 rings (SSSR count). The van der Waals surface area contributed by atoms with Crippen LogP contribution in [0, 0.1) is 5.92 Å². The zero-order valence-electron chi connectivity index (χ0n) is 6.81. The Labute approximate surface area is 62.1 Å². The molecule has 0 aromatic rings. The molecule has 1 nitrogen and oxygen atoms in total. The highest BCUT2D eigenvalue weighted by molar-refractivity contribution is 5.31. The van der Waals surface area contributed by atoms with Gasteiger partial charge in [0.1, 0.15) is 5.76 Å². The molecule has 0 heterocycles. The lowest BCUT2D eigenvalue weighted by molar-refractivity contribution is 0.403. The van der Waals surface area contributed by atoms with E-state index < -0.39 is 0 Å². The van der Waals surface area contributed by atoms with Gasteiger partial charge in [-0.15, -0.1) is 0 Å². The summed E-state index contributed by atoms with van der Waals surface area (Å²) in [6, 6.07) is 0. The lowest BCUT2D eigenvalue weighted by atomic mass is 9.92. The molecule has 0 spiro atoms. The van der Waals surface area contributed by atoms with Crippen LogP contribution >= 0.6 is 0 Å². The molecule has 0 fully saturated rings. The smallest absolute Gasteiger partial charge is 0.117 e. The SMILES string of the molecule is CC1=CC(C)CC(C)=C1O. The summed E-state index contributed by atoms with van der Waals surface area (Å²) in [5.41, 5.74) is 2.14. The fourth-order valence-electron chi connectivity index (χ4n) is 1.48. The van der Waals surface area contributed by atoms with E-state index in [1.807, 2.05) is 13.8 Å². The number of hydrogen-bond donors (Lipinski definition) is 1. The maximum absolute atomic E-state index is 9.38. The molecule has 0 aromatic heterocycles. The van der Waals surface area contributed by atoms with E-state index in [-0.39, 0.29) is 0 Å². The fraction of sp³-hybridized carbons (Fsp3) is 0.556. The van der Waals surface area contributed by atoms with Crippen LogP contribution in [0.15, 0.2) is 23.0 Å². The van der Waals surface area contributed by atoms with Crippen LogP contribution in [0.2, 0.25) is 0 Å². The van der Waals surface area contributed by atoms with Crippen molar-refractivity contribution >= 4 is 0 Å². The van der Waals surface area contributed by atoms with Gasteiger partial charge in [-0.05, 0) is 37.3 Å². The van der Waals surface area contributed by atoms with Gasteiger partial charge in [-0.3, -0.25) is 0 Å². The van der Waals surface area contributed by atoms with Crippen LogP contribution in [0.1, 0.15) is 27.2 Å². The van der Waals surface area contributed by atoms with Gasteiger partial charge >= 0.3 is 0 Å². The summed E-state index contributed by atoms with van der Waals surface area (Å²) in [5, 5.41) is 9.38. The minimum Gasteiger partial charge on any atom is -0.508 e. The maximum atomic E-state index is 9.38. The average molecular weight is 138 g/mol. The summed E-state index contributed by atoms with van der Waals surface area (Å²) in [6.45, 7) is 6.11. The van der Waals surface area contributed by atoms with Gasteiger partial charge in [-0.2, -0.15) is 0 Å². The van der Waals surface area contributed by atoms with Crippen LogP contribution in [-0.4, -0.2) is 5.11 Å². The van der Waals surface area contributed by atoms with Crippen molar-refractivity contribution in [2.45, 2.75) is 27.2 Å². The van der Waals surface area contributed by atoms with Crippen LogP contribution in [0.25, 0.3) is 0 Å². The summed E-state index contributed by atoms with van der Waals surface area (Å²) in [6.07, 6.45) is 3.12. The zero-order chi connectivity index (χ0) is 7.72. The van der Waals surface area contributed by atoms with E-state index in [0.29, 0.717) is 11.7 Å². The van der Waals surface area contributed by atoms with E-state index >= 15 is 0 Å². The highest BCUT2D eigenvalue weighted by Gasteiger charge is 2.12. The second kappa shape index (κ2) is 2.49. The van der Waals surface area contributed by atoms with E-state index in [4.69, 9.17) is 0 Å². The lowest BCUT2D eigenvalue weighted by Crippen LogP contribution is -2.03. The Morgan fingerprint density at radius 2 is 2.10 bits per heavy atom. The number of aliphatic hydroxyl groups excluding tert-OH is 1. The van der Waals surface area contributed by atoms with Gasteiger partial charge in [0.15, 0.2) is 0 Å². The Balaban J connectivity index is 2.90. The van der Waals surface area contributed by atoms with Crippen molar-refractivity contribution in [1.29, 1.82) is 0 Å². The molecule has 0 aromatic carbocycles. The van der Waals surface area contributed by atoms with E-state index in [9.17, 15) is 5.11 Å². The number of hydrogen-bond acceptors (Lipinski definition) is 1. The van der Waals surface area contributed by atoms with Gasteiger partial charge in [-0.25, -0.2) is 0 Å². The molecule has 56 valence electrons. The topological polar surface area (TPSA) is 20.2 Å². The van der Waals surface area contributed by atoms with Gasteiger partial charge < -0.3 is 5.11 Å². The highest BCUT2D eigenvalue weighted by atomic mass is 16.3. The number of aliphatic hydroxyl groups is 1. The molecule has 0 saturated carbocycles. The molecule has 0 amide bonds. The van der Waals surface area contributed by atoms with Crippen LogP contribution in [0.5, 0.6) is 0 Å². The van der Waals surface area contributed by atoms with Crippen molar-refractivity contribution in [3.8, 4) is 0 Å². The quantitative estimate of drug-likeness (QED) is 0.545. The predicted octanol–water partition coefficient (Wildman–Crippen LogP) is 2.80. The first kappa shape index (κ1) is 7.39. The van der Waals surface area contributed by atoms with Crippen molar-refractivity contribution in [3.05, 3.63) is 23.0 Å². The normalized spacial score (nSPS) is 26.7. The molecule has 0 bridgehead atoms. The number of allylic oxidation sites excluding steroid dienone is 3. The fourth-order valence-corrected chi connectivity index (χ4v) is 1.48. The Bertz CT molecular complexity index is 199. The highest BCUT2D eigenvalue weighted by Crippen LogP contribution is 2.25. The zero-order valence-corrected chi connectivity index (χ0v) is 6.81. The van der Waals surface area contributed by atoms with Gasteiger partial charge in [-0.1, -0.05) is 13.0 Å². The predicted molar refractivity (Wildman–Crippen MR) is 42.9 cm³/mol. The largest absolute Gasteiger partial charge is 0.508 e. The molecule has 1 N–H and O–H groups in total. The number of rotatable bonds is 0. The Hall–Kier alpha value is -0.720. The molecule has 0 aliphatic heterocycles. The van der Waals surface area contributed by atoms with Crippen LogP contribution in [-0.2, 0) is 0 Å². The Kier molecular flexibility index (Phi) is 1.84. The van der Waals surface area contributed by atoms with Crippen LogP contribution < -0.4 is 0 Å². The average Bonchev–Trinajstić information content (AvgIpc) is 1.82. The molecular weight excluding hydrogens is 124 g/mol. The van der Waals surface area contributed by atoms with E-state index in [0.717, 1.165) is 17.6 Å². The molecule has 1 heteroatoms. The monoisotopic (exact) mass is 138 g/mol. The summed E-state index contributed by atoms with van der Waals surface area (Å²) in [5.74, 6) is 1.09.